The maximum absolute atomic E-state index is 13.4. The lowest BCUT2D eigenvalue weighted by molar-refractivity contribution is 0.102. The normalized spacial score (nSPS) is 12.9. The maximum atomic E-state index is 13.4. The number of anilines is 1. The molecule has 36 heavy (non-hydrogen) atoms. The number of benzene rings is 3. The molecule has 0 atom stereocenters. The quantitative estimate of drug-likeness (QED) is 0.223. The van der Waals surface area contributed by atoms with Crippen molar-refractivity contribution in [3.05, 3.63) is 109 Å². The zero-order valence-electron chi connectivity index (χ0n) is 19.5. The number of ether oxygens (including phenoxy) is 1. The molecule has 1 aromatic heterocycles. The molecular formula is C29H24BrClN2O2S. The molecule has 0 saturated carbocycles. The van der Waals surface area contributed by atoms with Crippen LogP contribution in [0.15, 0.2) is 82.3 Å². The third-order valence-electron chi connectivity index (χ3n) is 5.99. The number of carbonyl (C=O) groups is 1. The Kier molecular flexibility index (Phi) is 7.85. The molecule has 5 rings (SSSR count). The number of halogens is 2. The monoisotopic (exact) mass is 578 g/mol. The Labute approximate surface area is 228 Å². The topological polar surface area (TPSA) is 50.7 Å². The third-order valence-corrected chi connectivity index (χ3v) is 7.92. The fourth-order valence-corrected chi connectivity index (χ4v) is 6.08. The number of rotatable bonds is 7. The van der Waals surface area contributed by atoms with Gasteiger partial charge >= 0.3 is 0 Å². The molecule has 1 N–H and O–H groups in total. The summed E-state index contributed by atoms with van der Waals surface area (Å²) >= 11 is 11.3. The second-order valence-corrected chi connectivity index (χ2v) is 11.0. The number of hydrogen-bond donors (Lipinski definition) is 1. The van der Waals surface area contributed by atoms with Crippen LogP contribution < -0.4 is 10.1 Å². The van der Waals surface area contributed by atoms with Crippen molar-refractivity contribution in [2.75, 3.05) is 5.32 Å². The maximum Gasteiger partial charge on any atom is 0.259 e. The van der Waals surface area contributed by atoms with E-state index in [0.29, 0.717) is 22.9 Å². The zero-order valence-corrected chi connectivity index (χ0v) is 22.6. The van der Waals surface area contributed by atoms with Gasteiger partial charge in [-0.1, -0.05) is 57.9 Å². The molecule has 0 bridgehead atoms. The van der Waals surface area contributed by atoms with Crippen molar-refractivity contribution in [1.29, 1.82) is 0 Å². The van der Waals surface area contributed by atoms with Crippen molar-refractivity contribution in [2.45, 2.75) is 32.3 Å². The van der Waals surface area contributed by atoms with Gasteiger partial charge in [-0.3, -0.25) is 4.79 Å². The lowest BCUT2D eigenvalue weighted by Gasteiger charge is -2.13. The van der Waals surface area contributed by atoms with E-state index >= 15 is 0 Å². The van der Waals surface area contributed by atoms with Crippen LogP contribution >= 0.6 is 38.9 Å². The highest BCUT2D eigenvalue weighted by molar-refractivity contribution is 9.10. The van der Waals surface area contributed by atoms with Gasteiger partial charge in [-0.15, -0.1) is 11.3 Å². The highest BCUT2D eigenvalue weighted by atomic mass is 79.9. The second kappa shape index (κ2) is 11.4. The van der Waals surface area contributed by atoms with Crippen molar-refractivity contribution in [3.8, 4) is 5.75 Å². The van der Waals surface area contributed by atoms with Crippen LogP contribution in [0, 0.1) is 0 Å². The smallest absolute Gasteiger partial charge is 0.259 e. The number of fused-ring (bicyclic) bond motifs is 1. The first-order valence-electron chi connectivity index (χ1n) is 11.8. The highest BCUT2D eigenvalue weighted by Gasteiger charge is 2.25. The fourth-order valence-electron chi connectivity index (χ4n) is 4.26. The van der Waals surface area contributed by atoms with Crippen LogP contribution in [0.4, 0.5) is 10.7 Å². The highest BCUT2D eigenvalue weighted by Crippen LogP contribution is 2.40. The fraction of sp³-hybridized carbons (Fsp3) is 0.172. The van der Waals surface area contributed by atoms with Crippen LogP contribution in [0.25, 0.3) is 0 Å². The first-order chi connectivity index (χ1) is 17.6. The van der Waals surface area contributed by atoms with Crippen molar-refractivity contribution < 1.29 is 9.53 Å². The number of aliphatic imine (C=N–C) groups is 1. The van der Waals surface area contributed by atoms with E-state index in [4.69, 9.17) is 21.3 Å². The van der Waals surface area contributed by atoms with Crippen molar-refractivity contribution in [2.24, 2.45) is 4.99 Å². The molecule has 0 radical (unpaired) electrons. The summed E-state index contributed by atoms with van der Waals surface area (Å²) in [6, 6.07) is 23.0. The minimum absolute atomic E-state index is 0.112. The molecule has 0 fully saturated rings. The molecule has 182 valence electrons. The van der Waals surface area contributed by atoms with E-state index in [2.05, 4.69) is 21.2 Å². The summed E-state index contributed by atoms with van der Waals surface area (Å²) in [6.45, 7) is 0.390. The average Bonchev–Trinajstić information content (AvgIpc) is 3.26. The summed E-state index contributed by atoms with van der Waals surface area (Å²) in [7, 11) is 0. The standard InChI is InChI=1S/C29H24BrClN2O2S/c30-21-13-14-25(35-18-19-7-6-8-22(31)15-19)20(16-21)17-32-29-27(24-11-4-5-12-26(24)36-29)28(34)33-23-9-2-1-3-10-23/h1-3,6-10,13-17H,4-5,11-12,18H2,(H,33,34). The summed E-state index contributed by atoms with van der Waals surface area (Å²) in [5, 5.41) is 4.46. The van der Waals surface area contributed by atoms with Gasteiger partial charge in [-0.05, 0) is 79.3 Å². The Balaban J connectivity index is 1.44. The Morgan fingerprint density at radius 3 is 2.72 bits per heavy atom. The Hall–Kier alpha value is -2.93. The van der Waals surface area contributed by atoms with Crippen LogP contribution in [-0.4, -0.2) is 12.1 Å². The number of thiophene rings is 1. The van der Waals surface area contributed by atoms with Gasteiger partial charge in [0, 0.05) is 31.8 Å². The van der Waals surface area contributed by atoms with Gasteiger partial charge in [0.15, 0.2) is 0 Å². The van der Waals surface area contributed by atoms with E-state index in [1.807, 2.05) is 72.8 Å². The number of hydrogen-bond acceptors (Lipinski definition) is 4. The molecule has 1 aliphatic rings. The summed E-state index contributed by atoms with van der Waals surface area (Å²) in [4.78, 5) is 19.5. The molecule has 1 amide bonds. The van der Waals surface area contributed by atoms with Gasteiger partial charge < -0.3 is 10.1 Å². The Morgan fingerprint density at radius 2 is 1.89 bits per heavy atom. The van der Waals surface area contributed by atoms with E-state index < -0.39 is 0 Å². The average molecular weight is 580 g/mol. The van der Waals surface area contributed by atoms with Gasteiger partial charge in [-0.25, -0.2) is 4.99 Å². The van der Waals surface area contributed by atoms with Crippen molar-refractivity contribution in [3.63, 3.8) is 0 Å². The molecule has 0 saturated heterocycles. The molecule has 7 heteroatoms. The third kappa shape index (κ3) is 5.89. The summed E-state index contributed by atoms with van der Waals surface area (Å²) in [6.07, 6.45) is 5.92. The number of amides is 1. The number of para-hydroxylation sites is 1. The molecular weight excluding hydrogens is 556 g/mol. The lowest BCUT2D eigenvalue weighted by Crippen LogP contribution is -2.14. The minimum Gasteiger partial charge on any atom is -0.488 e. The summed E-state index contributed by atoms with van der Waals surface area (Å²) < 4.78 is 7.04. The molecule has 4 nitrogen and oxygen atoms in total. The summed E-state index contributed by atoms with van der Waals surface area (Å²) in [5.74, 6) is 0.595. The number of aryl methyl sites for hydroxylation is 1. The second-order valence-electron chi connectivity index (χ2n) is 8.57. The van der Waals surface area contributed by atoms with Crippen LogP contribution in [0.1, 0.15) is 44.8 Å². The SMILES string of the molecule is O=C(Nc1ccccc1)c1c(N=Cc2cc(Br)ccc2OCc2cccc(Cl)c2)sc2c1CCCC2. The molecule has 4 aromatic rings. The predicted octanol–water partition coefficient (Wildman–Crippen LogP) is 8.62. The van der Waals surface area contributed by atoms with E-state index in [1.165, 1.54) is 4.88 Å². The first kappa shape index (κ1) is 24.8. The first-order valence-corrected chi connectivity index (χ1v) is 13.8. The van der Waals surface area contributed by atoms with Gasteiger partial charge in [0.25, 0.3) is 5.91 Å². The molecule has 0 spiro atoms. The number of nitrogens with zero attached hydrogens (tertiary/aromatic N) is 1. The van der Waals surface area contributed by atoms with Crippen molar-refractivity contribution in [1.82, 2.24) is 0 Å². The van der Waals surface area contributed by atoms with E-state index in [0.717, 1.165) is 57.5 Å². The Bertz CT molecular complexity index is 1420. The van der Waals surface area contributed by atoms with E-state index in [9.17, 15) is 4.79 Å². The molecule has 1 aliphatic carbocycles. The van der Waals surface area contributed by atoms with Gasteiger partial charge in [0.2, 0.25) is 0 Å². The van der Waals surface area contributed by atoms with Gasteiger partial charge in [0.1, 0.15) is 17.4 Å². The zero-order chi connectivity index (χ0) is 24.9. The molecule has 3 aromatic carbocycles. The van der Waals surface area contributed by atoms with Crippen molar-refractivity contribution >= 4 is 61.7 Å². The van der Waals surface area contributed by atoms with Gasteiger partial charge in [-0.2, -0.15) is 0 Å². The van der Waals surface area contributed by atoms with Crippen LogP contribution in [0.2, 0.25) is 5.02 Å². The van der Waals surface area contributed by atoms with Crippen LogP contribution in [0.5, 0.6) is 5.75 Å². The van der Waals surface area contributed by atoms with Crippen LogP contribution in [-0.2, 0) is 19.4 Å². The molecule has 0 aliphatic heterocycles. The largest absolute Gasteiger partial charge is 0.488 e. The van der Waals surface area contributed by atoms with Crippen LogP contribution in [0.3, 0.4) is 0 Å². The minimum atomic E-state index is -0.112. The van der Waals surface area contributed by atoms with Gasteiger partial charge in [0.05, 0.1) is 5.56 Å². The summed E-state index contributed by atoms with van der Waals surface area (Å²) in [5.41, 5.74) is 4.41. The van der Waals surface area contributed by atoms with E-state index in [-0.39, 0.29) is 5.91 Å². The van der Waals surface area contributed by atoms with E-state index in [1.54, 1.807) is 17.6 Å². The lowest BCUT2D eigenvalue weighted by atomic mass is 9.95. The number of carbonyl (C=O) groups excluding carboxylic acids is 1. The number of nitrogens with one attached hydrogen (secondary N) is 1. The molecule has 1 heterocycles. The Morgan fingerprint density at radius 1 is 1.06 bits per heavy atom. The molecule has 0 unspecified atom stereocenters. The predicted molar refractivity (Wildman–Crippen MR) is 153 cm³/mol.